The number of nitrogens with zero attached hydrogens (tertiary/aromatic N) is 3. The van der Waals surface area contributed by atoms with Crippen LogP contribution in [-0.4, -0.2) is 47.0 Å². The van der Waals surface area contributed by atoms with Crippen LogP contribution in [0.15, 0.2) is 30.5 Å². The zero-order valence-electron chi connectivity index (χ0n) is 14.6. The molecule has 0 saturated carbocycles. The first-order valence-electron chi connectivity index (χ1n) is 9.25. The predicted octanol–water partition coefficient (Wildman–Crippen LogP) is 1.38. The van der Waals surface area contributed by atoms with E-state index >= 15 is 0 Å². The van der Waals surface area contributed by atoms with Crippen LogP contribution in [0.2, 0.25) is 0 Å². The second kappa shape index (κ2) is 7.27. The van der Waals surface area contributed by atoms with Gasteiger partial charge in [0.05, 0.1) is 17.2 Å². The molecule has 2 atom stereocenters. The maximum absolute atomic E-state index is 12.5. The summed E-state index contributed by atoms with van der Waals surface area (Å²) in [6, 6.07) is 7.48. The van der Waals surface area contributed by atoms with Gasteiger partial charge in [-0.1, -0.05) is 12.1 Å². The van der Waals surface area contributed by atoms with E-state index in [1.54, 1.807) is 6.20 Å². The molecular formula is C19H23N5O2. The Morgan fingerprint density at radius 2 is 2.04 bits per heavy atom. The average molecular weight is 353 g/mol. The molecule has 7 heteroatoms. The van der Waals surface area contributed by atoms with E-state index in [1.165, 1.54) is 0 Å². The van der Waals surface area contributed by atoms with Crippen LogP contribution in [0.4, 0.5) is 5.82 Å². The van der Waals surface area contributed by atoms with Gasteiger partial charge in [0.1, 0.15) is 11.9 Å². The molecule has 0 aliphatic carbocycles. The summed E-state index contributed by atoms with van der Waals surface area (Å²) in [4.78, 5) is 35.3. The normalized spacial score (nSPS) is 23.5. The van der Waals surface area contributed by atoms with Crippen molar-refractivity contribution in [1.82, 2.24) is 20.6 Å². The number of aromatic nitrogens is 2. The number of piperidine rings is 2. The largest absolute Gasteiger partial charge is 0.353 e. The van der Waals surface area contributed by atoms with Crippen LogP contribution >= 0.6 is 0 Å². The van der Waals surface area contributed by atoms with E-state index < -0.39 is 6.04 Å². The number of carbonyl (C=O) groups excluding carboxylic acids is 2. The van der Waals surface area contributed by atoms with Gasteiger partial charge in [-0.3, -0.25) is 14.6 Å². The number of anilines is 1. The zero-order valence-corrected chi connectivity index (χ0v) is 14.6. The molecule has 26 heavy (non-hydrogen) atoms. The Balaban J connectivity index is 1.41. The standard InChI is InChI=1S/C19H23N5O2/c25-18-9-3-8-16(23-18)19(26)21-13-5-4-10-24(12-13)17-11-20-14-6-1-2-7-15(14)22-17/h1-2,6-7,11,13,16H,3-5,8-10,12H2,(H,21,26)(H,23,25)/t13-,16-/m1/s1. The summed E-state index contributed by atoms with van der Waals surface area (Å²) >= 11 is 0. The van der Waals surface area contributed by atoms with Crippen LogP contribution in [-0.2, 0) is 9.59 Å². The van der Waals surface area contributed by atoms with E-state index in [2.05, 4.69) is 20.5 Å². The smallest absolute Gasteiger partial charge is 0.242 e. The number of carbonyl (C=O) groups is 2. The fourth-order valence-corrected chi connectivity index (χ4v) is 3.71. The van der Waals surface area contributed by atoms with Crippen LogP contribution in [0.25, 0.3) is 11.0 Å². The summed E-state index contributed by atoms with van der Waals surface area (Å²) < 4.78 is 0. The van der Waals surface area contributed by atoms with Crippen molar-refractivity contribution in [2.24, 2.45) is 0 Å². The van der Waals surface area contributed by atoms with Crippen LogP contribution < -0.4 is 15.5 Å². The molecule has 2 N–H and O–H groups in total. The van der Waals surface area contributed by atoms with Crippen molar-refractivity contribution in [3.05, 3.63) is 30.5 Å². The average Bonchev–Trinajstić information content (AvgIpc) is 2.68. The van der Waals surface area contributed by atoms with Crippen LogP contribution in [0.1, 0.15) is 32.1 Å². The third kappa shape index (κ3) is 3.61. The van der Waals surface area contributed by atoms with Gasteiger partial charge in [-0.2, -0.15) is 0 Å². The summed E-state index contributed by atoms with van der Waals surface area (Å²) in [5.41, 5.74) is 1.76. The van der Waals surface area contributed by atoms with Crippen molar-refractivity contribution < 1.29 is 9.59 Å². The highest BCUT2D eigenvalue weighted by Crippen LogP contribution is 2.20. The van der Waals surface area contributed by atoms with Gasteiger partial charge in [0, 0.05) is 25.6 Å². The van der Waals surface area contributed by atoms with E-state index in [-0.39, 0.29) is 17.9 Å². The van der Waals surface area contributed by atoms with Gasteiger partial charge in [-0.25, -0.2) is 4.98 Å². The van der Waals surface area contributed by atoms with Gasteiger partial charge in [0.15, 0.2) is 0 Å². The Morgan fingerprint density at radius 1 is 1.19 bits per heavy atom. The number of benzene rings is 1. The topological polar surface area (TPSA) is 87.2 Å². The minimum absolute atomic E-state index is 0.0342. The molecule has 3 heterocycles. The summed E-state index contributed by atoms with van der Waals surface area (Å²) in [6.45, 7) is 1.61. The van der Waals surface area contributed by atoms with Gasteiger partial charge in [-0.05, 0) is 37.8 Å². The lowest BCUT2D eigenvalue weighted by Crippen LogP contribution is -2.55. The molecule has 2 amide bonds. The van der Waals surface area contributed by atoms with Gasteiger partial charge in [0.2, 0.25) is 11.8 Å². The molecule has 0 spiro atoms. The Kier molecular flexibility index (Phi) is 4.69. The maximum atomic E-state index is 12.5. The van der Waals surface area contributed by atoms with Crippen molar-refractivity contribution in [2.75, 3.05) is 18.0 Å². The molecule has 2 aliphatic heterocycles. The summed E-state index contributed by atoms with van der Waals surface area (Å²) in [6.07, 6.45) is 5.72. The first kappa shape index (κ1) is 16.8. The fourth-order valence-electron chi connectivity index (χ4n) is 3.71. The lowest BCUT2D eigenvalue weighted by molar-refractivity contribution is -0.131. The van der Waals surface area contributed by atoms with E-state index in [0.29, 0.717) is 19.4 Å². The number of fused-ring (bicyclic) bond motifs is 1. The van der Waals surface area contributed by atoms with Gasteiger partial charge in [0.25, 0.3) is 0 Å². The zero-order chi connectivity index (χ0) is 17.9. The minimum Gasteiger partial charge on any atom is -0.353 e. The van der Waals surface area contributed by atoms with Gasteiger partial charge < -0.3 is 15.5 Å². The molecule has 0 unspecified atom stereocenters. The number of para-hydroxylation sites is 2. The third-order valence-corrected chi connectivity index (χ3v) is 5.08. The van der Waals surface area contributed by atoms with Crippen LogP contribution in [0, 0.1) is 0 Å². The predicted molar refractivity (Wildman–Crippen MR) is 98.7 cm³/mol. The van der Waals surface area contributed by atoms with Crippen LogP contribution in [0.3, 0.4) is 0 Å². The Bertz CT molecular complexity index is 824. The minimum atomic E-state index is -0.396. The molecule has 1 aromatic heterocycles. The molecule has 7 nitrogen and oxygen atoms in total. The molecule has 1 aromatic carbocycles. The Hall–Kier alpha value is -2.70. The highest BCUT2D eigenvalue weighted by atomic mass is 16.2. The number of amides is 2. The van der Waals surface area contributed by atoms with Crippen LogP contribution in [0.5, 0.6) is 0 Å². The second-order valence-electron chi connectivity index (χ2n) is 7.02. The lowest BCUT2D eigenvalue weighted by Gasteiger charge is -2.35. The van der Waals surface area contributed by atoms with Crippen molar-refractivity contribution >= 4 is 28.7 Å². The molecule has 2 aliphatic rings. The second-order valence-corrected chi connectivity index (χ2v) is 7.02. The molecule has 2 aromatic rings. The molecular weight excluding hydrogens is 330 g/mol. The Labute approximate surface area is 152 Å². The molecule has 4 rings (SSSR count). The molecule has 0 bridgehead atoms. The van der Waals surface area contributed by atoms with Crippen molar-refractivity contribution in [3.8, 4) is 0 Å². The SMILES string of the molecule is O=C1CCC[C@H](C(=O)N[C@@H]2CCCN(c3cnc4ccccc4n3)C2)N1. The van der Waals surface area contributed by atoms with Crippen molar-refractivity contribution in [2.45, 2.75) is 44.2 Å². The van der Waals surface area contributed by atoms with Gasteiger partial charge in [-0.15, -0.1) is 0 Å². The molecule has 2 fully saturated rings. The monoisotopic (exact) mass is 353 g/mol. The number of hydrogen-bond acceptors (Lipinski definition) is 5. The first-order chi connectivity index (χ1) is 12.7. The van der Waals surface area contributed by atoms with Crippen molar-refractivity contribution in [1.29, 1.82) is 0 Å². The van der Waals surface area contributed by atoms with E-state index in [1.807, 2.05) is 24.3 Å². The van der Waals surface area contributed by atoms with E-state index in [4.69, 9.17) is 4.98 Å². The van der Waals surface area contributed by atoms with Gasteiger partial charge >= 0.3 is 0 Å². The number of nitrogens with one attached hydrogen (secondary N) is 2. The molecule has 0 radical (unpaired) electrons. The fraction of sp³-hybridized carbons (Fsp3) is 0.474. The molecule has 136 valence electrons. The van der Waals surface area contributed by atoms with E-state index in [9.17, 15) is 9.59 Å². The Morgan fingerprint density at radius 3 is 2.88 bits per heavy atom. The summed E-state index contributed by atoms with van der Waals surface area (Å²) in [5, 5.41) is 5.88. The quantitative estimate of drug-likeness (QED) is 0.871. The summed E-state index contributed by atoms with van der Waals surface area (Å²) in [7, 11) is 0. The number of rotatable bonds is 3. The molecule has 2 saturated heterocycles. The lowest BCUT2D eigenvalue weighted by atomic mass is 10.0. The first-order valence-corrected chi connectivity index (χ1v) is 9.25. The maximum Gasteiger partial charge on any atom is 0.242 e. The van der Waals surface area contributed by atoms with E-state index in [0.717, 1.165) is 42.7 Å². The third-order valence-electron chi connectivity index (χ3n) is 5.08. The summed E-state index contributed by atoms with van der Waals surface area (Å²) in [5.74, 6) is 0.733. The highest BCUT2D eigenvalue weighted by Gasteiger charge is 2.28. The number of hydrogen-bond donors (Lipinski definition) is 2. The highest BCUT2D eigenvalue weighted by molar-refractivity contribution is 5.88. The van der Waals surface area contributed by atoms with Crippen molar-refractivity contribution in [3.63, 3.8) is 0 Å².